The highest BCUT2D eigenvalue weighted by Crippen LogP contribution is 2.69. The molecule has 33 heavy (non-hydrogen) atoms. The minimum atomic E-state index is -0.436. The van der Waals surface area contributed by atoms with Crippen molar-refractivity contribution >= 4 is 5.97 Å². The molecule has 0 saturated heterocycles. The third-order valence-electron chi connectivity index (χ3n) is 9.94. The molecule has 1 aromatic heterocycles. The number of ether oxygens (including phenoxy) is 1. The van der Waals surface area contributed by atoms with Gasteiger partial charge in [-0.1, -0.05) is 39.8 Å². The Labute approximate surface area is 197 Å². The van der Waals surface area contributed by atoms with Gasteiger partial charge in [0, 0.05) is 18.4 Å². The van der Waals surface area contributed by atoms with Gasteiger partial charge in [-0.3, -0.25) is 4.79 Å². The molecular formula is C28H40O5. The highest BCUT2D eigenvalue weighted by Gasteiger charge is 2.63. The molecule has 0 radical (unpaired) electrons. The summed E-state index contributed by atoms with van der Waals surface area (Å²) >= 11 is 0. The zero-order valence-electron chi connectivity index (χ0n) is 21.1. The lowest BCUT2D eigenvalue weighted by Gasteiger charge is -2.66. The van der Waals surface area contributed by atoms with Gasteiger partial charge in [0.25, 0.3) is 0 Å². The average molecular weight is 457 g/mol. The SMILES string of the molecule is C=C1CC[C@H]2[C@@](C)(CC[C@H]3C(C)(C)[C@@H](OC(C)=O)CC[C@]23C)[C@@H]1Cc1c(O)cc(C)oc1=O. The molecule has 1 aromatic rings. The van der Waals surface area contributed by atoms with Crippen LogP contribution in [0.1, 0.15) is 84.5 Å². The number of rotatable bonds is 3. The lowest BCUT2D eigenvalue weighted by molar-refractivity contribution is -0.200. The topological polar surface area (TPSA) is 76.7 Å². The molecule has 0 aliphatic heterocycles. The number of esters is 1. The molecule has 0 amide bonds. The summed E-state index contributed by atoms with van der Waals surface area (Å²) in [5, 5.41) is 10.5. The quantitative estimate of drug-likeness (QED) is 0.449. The van der Waals surface area contributed by atoms with Crippen molar-refractivity contribution in [3.63, 3.8) is 0 Å². The van der Waals surface area contributed by atoms with Crippen LogP contribution in [-0.4, -0.2) is 17.2 Å². The molecule has 4 rings (SSSR count). The van der Waals surface area contributed by atoms with E-state index in [4.69, 9.17) is 9.15 Å². The van der Waals surface area contributed by atoms with Crippen LogP contribution in [0.2, 0.25) is 0 Å². The van der Waals surface area contributed by atoms with E-state index in [1.54, 1.807) is 13.0 Å². The number of carbonyl (C=O) groups is 1. The number of carbonyl (C=O) groups excluding carboxylic acids is 1. The molecule has 1 heterocycles. The van der Waals surface area contributed by atoms with Gasteiger partial charge < -0.3 is 14.3 Å². The van der Waals surface area contributed by atoms with E-state index in [0.29, 0.717) is 29.6 Å². The van der Waals surface area contributed by atoms with Gasteiger partial charge in [-0.15, -0.1) is 0 Å². The van der Waals surface area contributed by atoms with Crippen molar-refractivity contribution < 1.29 is 19.1 Å². The molecule has 182 valence electrons. The first-order valence-corrected chi connectivity index (χ1v) is 12.5. The van der Waals surface area contributed by atoms with Crippen LogP contribution in [0.3, 0.4) is 0 Å². The van der Waals surface area contributed by atoms with Crippen LogP contribution in [-0.2, 0) is 16.0 Å². The highest BCUT2D eigenvalue weighted by molar-refractivity contribution is 5.66. The average Bonchev–Trinajstić information content (AvgIpc) is 2.68. The molecule has 1 N–H and O–H groups in total. The van der Waals surface area contributed by atoms with E-state index in [2.05, 4.69) is 34.3 Å². The van der Waals surface area contributed by atoms with Crippen molar-refractivity contribution in [3.05, 3.63) is 40.0 Å². The second kappa shape index (κ2) is 8.02. The molecular weight excluding hydrogens is 416 g/mol. The van der Waals surface area contributed by atoms with Crippen LogP contribution < -0.4 is 5.63 Å². The number of hydrogen-bond donors (Lipinski definition) is 1. The van der Waals surface area contributed by atoms with Crippen molar-refractivity contribution in [2.75, 3.05) is 0 Å². The van der Waals surface area contributed by atoms with Crippen molar-refractivity contribution in [2.24, 2.45) is 34.0 Å². The smallest absolute Gasteiger partial charge is 0.342 e. The molecule has 5 nitrogen and oxygen atoms in total. The number of aryl methyl sites for hydroxylation is 1. The number of hydrogen-bond acceptors (Lipinski definition) is 5. The molecule has 6 atom stereocenters. The van der Waals surface area contributed by atoms with Gasteiger partial charge in [0.1, 0.15) is 17.6 Å². The van der Waals surface area contributed by atoms with Crippen molar-refractivity contribution in [1.29, 1.82) is 0 Å². The standard InChI is InChI=1S/C28H40O5/c1-16-8-9-23-27(6,20(16)15-19-21(30)14-17(2)32-25(19)31)12-10-22-26(4,5)24(33-18(3)29)11-13-28(22,23)7/h14,20,22-24,30H,1,8-13,15H2,2-7H3/t20-,22+,23+,24+,27+,28+/m1/s1. The summed E-state index contributed by atoms with van der Waals surface area (Å²) in [6.07, 6.45) is 6.50. The molecule has 3 aliphatic carbocycles. The Hall–Kier alpha value is -2.04. The normalized spacial score (nSPS) is 37.7. The molecule has 0 aromatic carbocycles. The fourth-order valence-electron chi connectivity index (χ4n) is 8.41. The van der Waals surface area contributed by atoms with Crippen LogP contribution in [0.5, 0.6) is 5.75 Å². The monoisotopic (exact) mass is 456 g/mol. The van der Waals surface area contributed by atoms with Crippen molar-refractivity contribution in [1.82, 2.24) is 0 Å². The zero-order valence-corrected chi connectivity index (χ0v) is 21.1. The van der Waals surface area contributed by atoms with Crippen LogP contribution in [0.4, 0.5) is 0 Å². The van der Waals surface area contributed by atoms with Crippen LogP contribution >= 0.6 is 0 Å². The summed E-state index contributed by atoms with van der Waals surface area (Å²) in [4.78, 5) is 24.4. The summed E-state index contributed by atoms with van der Waals surface area (Å²) in [6, 6.07) is 1.54. The van der Waals surface area contributed by atoms with E-state index in [9.17, 15) is 14.7 Å². The summed E-state index contributed by atoms with van der Waals surface area (Å²) in [7, 11) is 0. The Kier molecular flexibility index (Phi) is 5.86. The Bertz CT molecular complexity index is 1020. The van der Waals surface area contributed by atoms with E-state index < -0.39 is 5.63 Å². The third-order valence-corrected chi connectivity index (χ3v) is 9.94. The second-order valence-corrected chi connectivity index (χ2v) is 12.1. The first kappa shape index (κ1) is 24.1. The lowest BCUT2D eigenvalue weighted by Crippen LogP contribution is -2.61. The first-order chi connectivity index (χ1) is 15.3. The molecule has 0 bridgehead atoms. The van der Waals surface area contributed by atoms with E-state index >= 15 is 0 Å². The van der Waals surface area contributed by atoms with E-state index in [-0.39, 0.29) is 40.0 Å². The molecule has 3 saturated carbocycles. The lowest BCUT2D eigenvalue weighted by atomic mass is 9.38. The van der Waals surface area contributed by atoms with Gasteiger partial charge >= 0.3 is 11.6 Å². The van der Waals surface area contributed by atoms with Crippen LogP contribution in [0, 0.1) is 40.9 Å². The summed E-state index contributed by atoms with van der Waals surface area (Å²) in [6.45, 7) is 17.0. The second-order valence-electron chi connectivity index (χ2n) is 12.1. The predicted molar refractivity (Wildman–Crippen MR) is 128 cm³/mol. The fourth-order valence-corrected chi connectivity index (χ4v) is 8.41. The van der Waals surface area contributed by atoms with Gasteiger partial charge in [0.05, 0.1) is 5.56 Å². The molecule has 3 aliphatic rings. The maximum absolute atomic E-state index is 12.6. The summed E-state index contributed by atoms with van der Waals surface area (Å²) in [5.41, 5.74) is 1.16. The van der Waals surface area contributed by atoms with Crippen molar-refractivity contribution in [3.8, 4) is 5.75 Å². The Morgan fingerprint density at radius 3 is 2.45 bits per heavy atom. The Balaban J connectivity index is 1.69. The molecule has 5 heteroatoms. The van der Waals surface area contributed by atoms with Gasteiger partial charge in [-0.2, -0.15) is 0 Å². The largest absolute Gasteiger partial charge is 0.507 e. The van der Waals surface area contributed by atoms with Crippen LogP contribution in [0.25, 0.3) is 0 Å². The molecule has 0 unspecified atom stereocenters. The number of allylic oxidation sites excluding steroid dienone is 1. The van der Waals surface area contributed by atoms with E-state index in [0.717, 1.165) is 38.5 Å². The molecule has 3 fully saturated rings. The first-order valence-electron chi connectivity index (χ1n) is 12.5. The molecule has 0 spiro atoms. The van der Waals surface area contributed by atoms with Crippen LogP contribution in [0.15, 0.2) is 27.4 Å². The van der Waals surface area contributed by atoms with Crippen molar-refractivity contribution in [2.45, 2.75) is 92.6 Å². The fraction of sp³-hybridized carbons (Fsp3) is 0.714. The van der Waals surface area contributed by atoms with Gasteiger partial charge in [0.2, 0.25) is 0 Å². The maximum atomic E-state index is 12.6. The highest BCUT2D eigenvalue weighted by atomic mass is 16.5. The minimum absolute atomic E-state index is 0.00526. The zero-order chi connectivity index (χ0) is 24.3. The van der Waals surface area contributed by atoms with E-state index in [1.807, 2.05) is 0 Å². The van der Waals surface area contributed by atoms with E-state index in [1.165, 1.54) is 12.5 Å². The minimum Gasteiger partial charge on any atom is -0.507 e. The van der Waals surface area contributed by atoms with Gasteiger partial charge in [-0.25, -0.2) is 4.79 Å². The third kappa shape index (κ3) is 3.76. The Morgan fingerprint density at radius 1 is 1.15 bits per heavy atom. The summed E-state index contributed by atoms with van der Waals surface area (Å²) in [5.74, 6) is 1.34. The number of fused-ring (bicyclic) bond motifs is 3. The van der Waals surface area contributed by atoms with Gasteiger partial charge in [-0.05, 0) is 80.5 Å². The number of aromatic hydroxyl groups is 1. The van der Waals surface area contributed by atoms with Gasteiger partial charge in [0.15, 0.2) is 0 Å². The maximum Gasteiger partial charge on any atom is 0.342 e. The Morgan fingerprint density at radius 2 is 1.82 bits per heavy atom. The summed E-state index contributed by atoms with van der Waals surface area (Å²) < 4.78 is 11.1. The predicted octanol–water partition coefficient (Wildman–Crippen LogP) is 5.95.